The number of benzene rings is 1. The lowest BCUT2D eigenvalue weighted by molar-refractivity contribution is 0.0992. The number of aliphatic imine (C=N–C) groups is 1. The second kappa shape index (κ2) is 7.52. The maximum absolute atomic E-state index is 13.2. The van der Waals surface area contributed by atoms with Crippen molar-refractivity contribution in [1.82, 2.24) is 4.98 Å². The molecule has 1 aromatic carbocycles. The Hall–Kier alpha value is -2.05. The Kier molecular flexibility index (Phi) is 5.10. The predicted octanol–water partition coefficient (Wildman–Crippen LogP) is 3.99. The van der Waals surface area contributed by atoms with Crippen LogP contribution in [0.4, 0.5) is 5.69 Å². The molecule has 1 unspecified atom stereocenters. The second-order valence-electron chi connectivity index (χ2n) is 7.30. The first kappa shape index (κ1) is 18.3. The number of rotatable bonds is 3. The molecule has 0 radical (unpaired) electrons. The molecule has 1 N–H and O–H groups in total. The molecule has 4 rings (SSSR count). The summed E-state index contributed by atoms with van der Waals surface area (Å²) in [4.78, 5) is 10.0. The minimum atomic E-state index is -1.04. The van der Waals surface area contributed by atoms with Crippen LogP contribution in [-0.2, 0) is 15.5 Å². The summed E-state index contributed by atoms with van der Waals surface area (Å²) in [6, 6.07) is 6.05. The van der Waals surface area contributed by atoms with Gasteiger partial charge in [-0.1, -0.05) is 0 Å². The second-order valence-corrected chi connectivity index (χ2v) is 9.00. The third-order valence-corrected chi connectivity index (χ3v) is 7.40. The van der Waals surface area contributed by atoms with Crippen molar-refractivity contribution < 1.29 is 8.95 Å². The van der Waals surface area contributed by atoms with Gasteiger partial charge in [0.2, 0.25) is 0 Å². The van der Waals surface area contributed by atoms with Crippen LogP contribution in [0.3, 0.4) is 0 Å². The number of pyridine rings is 1. The molecule has 0 aliphatic carbocycles. The van der Waals surface area contributed by atoms with Gasteiger partial charge < -0.3 is 10.1 Å². The van der Waals surface area contributed by atoms with Crippen molar-refractivity contribution in [3.05, 3.63) is 41.1 Å². The van der Waals surface area contributed by atoms with Gasteiger partial charge in [-0.05, 0) is 68.5 Å². The number of aryl methyl sites for hydroxylation is 1. The molecule has 6 heteroatoms. The fraction of sp³-hybridized carbons (Fsp3) is 0.429. The Morgan fingerprint density at radius 3 is 2.67 bits per heavy atom. The molecule has 1 aromatic heterocycles. The van der Waals surface area contributed by atoms with Crippen LogP contribution in [0, 0.1) is 6.92 Å². The van der Waals surface area contributed by atoms with E-state index in [1.165, 1.54) is 11.1 Å². The highest BCUT2D eigenvalue weighted by Gasteiger charge is 2.23. The number of hydrogen-bond acceptors (Lipinski definition) is 5. The van der Waals surface area contributed by atoms with Crippen molar-refractivity contribution in [2.24, 2.45) is 4.99 Å². The molecular formula is C21H25N3O2S. The van der Waals surface area contributed by atoms with Crippen molar-refractivity contribution in [3.8, 4) is 0 Å². The van der Waals surface area contributed by atoms with Crippen molar-refractivity contribution in [1.29, 1.82) is 0 Å². The van der Waals surface area contributed by atoms with Gasteiger partial charge in [0.1, 0.15) is 5.84 Å². The number of ether oxygens (including phenoxy) is 1. The molecule has 27 heavy (non-hydrogen) atoms. The summed E-state index contributed by atoms with van der Waals surface area (Å²) in [7, 11) is -1.04. The molecule has 5 nitrogen and oxygen atoms in total. The maximum Gasteiger partial charge on any atom is 0.128 e. The largest absolute Gasteiger partial charge is 0.381 e. The molecule has 0 amide bonds. The van der Waals surface area contributed by atoms with Gasteiger partial charge >= 0.3 is 0 Å². The molecule has 1 saturated heterocycles. The van der Waals surface area contributed by atoms with Crippen molar-refractivity contribution in [3.63, 3.8) is 0 Å². The van der Waals surface area contributed by atoms with E-state index >= 15 is 0 Å². The molecule has 2 aromatic rings. The third-order valence-electron chi connectivity index (χ3n) is 5.45. The van der Waals surface area contributed by atoms with Crippen LogP contribution in [0.5, 0.6) is 0 Å². The van der Waals surface area contributed by atoms with Crippen LogP contribution in [-0.4, -0.2) is 40.0 Å². The van der Waals surface area contributed by atoms with Crippen LogP contribution >= 0.6 is 0 Å². The summed E-state index contributed by atoms with van der Waals surface area (Å²) >= 11 is 0. The summed E-state index contributed by atoms with van der Waals surface area (Å²) in [5, 5.41) is 4.61. The van der Waals surface area contributed by atoms with Crippen LogP contribution < -0.4 is 5.32 Å². The monoisotopic (exact) mass is 383 g/mol. The molecule has 0 bridgehead atoms. The highest BCUT2D eigenvalue weighted by Crippen LogP contribution is 2.30. The first-order chi connectivity index (χ1) is 13.0. The first-order valence-electron chi connectivity index (χ1n) is 9.40. The number of hydrogen-bond donors (Lipinski definition) is 1. The third kappa shape index (κ3) is 3.56. The highest BCUT2D eigenvalue weighted by atomic mass is 32.2. The zero-order valence-electron chi connectivity index (χ0n) is 16.0. The molecular weight excluding hydrogens is 358 g/mol. The first-order valence-corrected chi connectivity index (χ1v) is 10.6. The van der Waals surface area contributed by atoms with Gasteiger partial charge in [0.25, 0.3) is 0 Å². The number of aromatic nitrogens is 1. The van der Waals surface area contributed by atoms with E-state index in [0.29, 0.717) is 13.2 Å². The number of anilines is 1. The summed E-state index contributed by atoms with van der Waals surface area (Å²) in [6.07, 6.45) is 3.51. The Balaban J connectivity index is 1.72. The lowest BCUT2D eigenvalue weighted by atomic mass is 10.1. The normalized spacial score (nSPS) is 19.4. The van der Waals surface area contributed by atoms with E-state index in [0.717, 1.165) is 52.3 Å². The fourth-order valence-electron chi connectivity index (χ4n) is 3.57. The summed E-state index contributed by atoms with van der Waals surface area (Å²) in [5.41, 5.74) is 5.37. The van der Waals surface area contributed by atoms with Crippen molar-refractivity contribution >= 4 is 33.2 Å². The number of nitrogens with zero attached hydrogens (tertiary/aromatic N) is 2. The molecule has 142 valence electrons. The molecule has 1 fully saturated rings. The number of nitrogens with one attached hydrogen (secondary N) is 1. The highest BCUT2D eigenvalue weighted by molar-refractivity contribution is 7.85. The van der Waals surface area contributed by atoms with Gasteiger partial charge in [-0.25, -0.2) is 0 Å². The van der Waals surface area contributed by atoms with Gasteiger partial charge in [0.15, 0.2) is 0 Å². The fourth-order valence-corrected chi connectivity index (χ4v) is 5.16. The van der Waals surface area contributed by atoms with E-state index in [-0.39, 0.29) is 5.25 Å². The molecule has 2 aliphatic rings. The van der Waals surface area contributed by atoms with Crippen LogP contribution in [0.2, 0.25) is 0 Å². The van der Waals surface area contributed by atoms with E-state index in [1.54, 1.807) is 6.20 Å². The summed E-state index contributed by atoms with van der Waals surface area (Å²) < 4.78 is 18.6. The molecule has 1 atom stereocenters. The van der Waals surface area contributed by atoms with E-state index in [1.807, 2.05) is 25.1 Å². The SMILES string of the molecule is CC1=C(C)C(Nc2ccnc3cc(C)c(S(=O)C4CCOCC4)cc23)=NC1. The quantitative estimate of drug-likeness (QED) is 0.870. The van der Waals surface area contributed by atoms with Gasteiger partial charge in [-0.2, -0.15) is 0 Å². The van der Waals surface area contributed by atoms with E-state index in [9.17, 15) is 4.21 Å². The van der Waals surface area contributed by atoms with Gasteiger partial charge in [0, 0.05) is 34.9 Å². The number of amidine groups is 1. The Morgan fingerprint density at radius 1 is 1.19 bits per heavy atom. The van der Waals surface area contributed by atoms with Gasteiger partial charge in [-0.15, -0.1) is 0 Å². The number of fused-ring (bicyclic) bond motifs is 1. The van der Waals surface area contributed by atoms with Crippen LogP contribution in [0.1, 0.15) is 32.3 Å². The van der Waals surface area contributed by atoms with E-state index in [2.05, 4.69) is 29.1 Å². The Bertz CT molecular complexity index is 975. The Labute approximate surface area is 162 Å². The van der Waals surface area contributed by atoms with Crippen molar-refractivity contribution in [2.45, 2.75) is 43.8 Å². The van der Waals surface area contributed by atoms with E-state index < -0.39 is 10.8 Å². The molecule has 2 aliphatic heterocycles. The average molecular weight is 384 g/mol. The minimum absolute atomic E-state index is 0.162. The zero-order chi connectivity index (χ0) is 19.0. The maximum atomic E-state index is 13.2. The van der Waals surface area contributed by atoms with Crippen LogP contribution in [0.25, 0.3) is 10.9 Å². The summed E-state index contributed by atoms with van der Waals surface area (Å²) in [6.45, 7) is 8.36. The molecule has 0 spiro atoms. The lowest BCUT2D eigenvalue weighted by Gasteiger charge is -2.22. The minimum Gasteiger partial charge on any atom is -0.381 e. The Morgan fingerprint density at radius 2 is 1.96 bits per heavy atom. The average Bonchev–Trinajstić information content (AvgIpc) is 3.00. The summed E-state index contributed by atoms with van der Waals surface area (Å²) in [5.74, 6) is 0.910. The molecule has 3 heterocycles. The smallest absolute Gasteiger partial charge is 0.128 e. The molecule has 0 saturated carbocycles. The van der Waals surface area contributed by atoms with Crippen molar-refractivity contribution in [2.75, 3.05) is 25.1 Å². The van der Waals surface area contributed by atoms with E-state index in [4.69, 9.17) is 4.74 Å². The van der Waals surface area contributed by atoms with Gasteiger partial charge in [-0.3, -0.25) is 14.2 Å². The topological polar surface area (TPSA) is 63.6 Å². The standard InChI is InChI=1S/C21H25N3O2S/c1-13-10-19-17(11-20(13)27(25)16-5-8-26-9-6-16)18(4-7-22-19)24-21-15(3)14(2)12-23-21/h4,7,10-11,16H,5-6,8-9,12H2,1-3H3,(H,22,23,24). The predicted molar refractivity (Wildman–Crippen MR) is 111 cm³/mol. The van der Waals surface area contributed by atoms with Gasteiger partial charge in [0.05, 0.1) is 28.5 Å². The van der Waals surface area contributed by atoms with Crippen LogP contribution in [0.15, 0.2) is 45.4 Å². The lowest BCUT2D eigenvalue weighted by Crippen LogP contribution is -2.25. The zero-order valence-corrected chi connectivity index (χ0v) is 16.9.